The number of hydrogen-bond donors (Lipinski definition) is 2. The first-order chi connectivity index (χ1) is 3.18. The van der Waals surface area contributed by atoms with Gasteiger partial charge in [0.2, 0.25) is 0 Å². The highest BCUT2D eigenvalue weighted by Crippen LogP contribution is 1.83. The second-order valence-corrected chi connectivity index (χ2v) is 1.07. The van der Waals surface area contributed by atoms with Crippen LogP contribution < -0.4 is 0 Å². The van der Waals surface area contributed by atoms with Crippen molar-refractivity contribution < 1.29 is 20.5 Å². The summed E-state index contributed by atoms with van der Waals surface area (Å²) in [6.45, 7) is 2.55. The Kier molecular flexibility index (Phi) is 5.46. The van der Waals surface area contributed by atoms with E-state index in [1.807, 2.05) is 0 Å². The van der Waals surface area contributed by atoms with Crippen molar-refractivity contribution in [2.45, 2.75) is 0 Å². The van der Waals surface area contributed by atoms with Crippen molar-refractivity contribution in [1.82, 2.24) is 0 Å². The topological polar surface area (TPSA) is 89.0 Å². The molecule has 4 N–H and O–H groups in total. The Morgan fingerprint density at radius 1 is 1.62 bits per heavy atom. The molecule has 0 aliphatic heterocycles. The van der Waals surface area contributed by atoms with Gasteiger partial charge in [0.15, 0.2) is 0 Å². The molecule has 0 unspecified atom stereocenters. The maximum absolute atomic E-state index is 9.67. The maximum atomic E-state index is 9.67. The number of carbonyl (C=O) groups is 1. The average Bonchev–Trinajstić information content (AvgIpc) is 1.65. The zero-order valence-corrected chi connectivity index (χ0v) is 4.22. The fraction of sp³-hybridized carbons (Fsp3) is 0.250. The predicted molar refractivity (Wildman–Crippen MR) is 27.5 cm³/mol. The molecule has 0 aromatic rings. The van der Waals surface area contributed by atoms with E-state index < -0.39 is 12.6 Å². The normalized spacial score (nSPS) is 7.12. The van der Waals surface area contributed by atoms with E-state index >= 15 is 0 Å². The van der Waals surface area contributed by atoms with E-state index in [0.29, 0.717) is 0 Å². The van der Waals surface area contributed by atoms with Gasteiger partial charge in [0.1, 0.15) is 0 Å². The highest BCUT2D eigenvalue weighted by molar-refractivity contribution is 5.85. The summed E-state index contributed by atoms with van der Waals surface area (Å²) in [4.78, 5) is 9.67. The molecule has 0 fully saturated rings. The van der Waals surface area contributed by atoms with Gasteiger partial charge in [0.05, 0.1) is 12.2 Å². The van der Waals surface area contributed by atoms with Crippen LogP contribution in [0.3, 0.4) is 0 Å². The van der Waals surface area contributed by atoms with E-state index in [-0.39, 0.29) is 11.0 Å². The zero-order valence-electron chi connectivity index (χ0n) is 4.22. The highest BCUT2D eigenvalue weighted by atomic mass is 16.4. The number of rotatable bonds is 2. The van der Waals surface area contributed by atoms with E-state index in [1.165, 1.54) is 0 Å². The largest absolute Gasteiger partial charge is 0.478 e. The van der Waals surface area contributed by atoms with Gasteiger partial charge in [-0.1, -0.05) is 6.58 Å². The number of aliphatic hydroxyl groups is 1. The van der Waals surface area contributed by atoms with Crippen LogP contribution in [0.15, 0.2) is 12.2 Å². The predicted octanol–water partition coefficient (Wildman–Crippen LogP) is -1.21. The minimum atomic E-state index is -1.15. The molecule has 0 spiro atoms. The molecular weight excluding hydrogens is 112 g/mol. The molecule has 0 rings (SSSR count). The molecule has 0 amide bonds. The minimum absolute atomic E-state index is 0. The third-order valence-corrected chi connectivity index (χ3v) is 0.493. The van der Waals surface area contributed by atoms with Crippen molar-refractivity contribution in [3.05, 3.63) is 12.2 Å². The van der Waals surface area contributed by atoms with Crippen molar-refractivity contribution >= 4 is 5.97 Å². The molecule has 0 heterocycles. The second-order valence-electron chi connectivity index (χ2n) is 1.07. The zero-order chi connectivity index (χ0) is 5.86. The molecule has 8 heavy (non-hydrogen) atoms. The average molecular weight is 120 g/mol. The first-order valence-corrected chi connectivity index (χ1v) is 1.70. The lowest BCUT2D eigenvalue weighted by atomic mass is 10.3. The van der Waals surface area contributed by atoms with Crippen molar-refractivity contribution in [2.75, 3.05) is 6.61 Å². The van der Waals surface area contributed by atoms with Gasteiger partial charge in [-0.15, -0.1) is 0 Å². The van der Waals surface area contributed by atoms with Crippen LogP contribution in [-0.4, -0.2) is 28.3 Å². The van der Waals surface area contributed by atoms with Crippen LogP contribution in [0.1, 0.15) is 0 Å². The number of aliphatic hydroxyl groups excluding tert-OH is 1. The molecule has 0 aliphatic rings. The third kappa shape index (κ3) is 3.32. The van der Waals surface area contributed by atoms with Gasteiger partial charge in [0.25, 0.3) is 0 Å². The molecule has 0 atom stereocenters. The van der Waals surface area contributed by atoms with Gasteiger partial charge in [-0.3, -0.25) is 0 Å². The van der Waals surface area contributed by atoms with Crippen LogP contribution in [0.5, 0.6) is 0 Å². The molecule has 48 valence electrons. The fourth-order valence-corrected chi connectivity index (χ4v) is 0.0676. The number of aliphatic carboxylic acids is 1. The lowest BCUT2D eigenvalue weighted by molar-refractivity contribution is -0.133. The Hall–Kier alpha value is -0.870. The summed E-state index contributed by atoms with van der Waals surface area (Å²) >= 11 is 0. The number of hydrogen-bond acceptors (Lipinski definition) is 2. The molecule has 0 bridgehead atoms. The molecule has 0 aliphatic carbocycles. The summed E-state index contributed by atoms with van der Waals surface area (Å²) in [7, 11) is 0. The molecule has 0 aromatic carbocycles. The number of carboxylic acids is 1. The maximum Gasteiger partial charge on any atom is 0.333 e. The summed E-state index contributed by atoms with van der Waals surface area (Å²) in [6.07, 6.45) is 0. The van der Waals surface area contributed by atoms with E-state index in [0.717, 1.165) is 0 Å². The van der Waals surface area contributed by atoms with Crippen LogP contribution in [0.4, 0.5) is 0 Å². The molecule has 0 saturated heterocycles. The van der Waals surface area contributed by atoms with Crippen LogP contribution in [0, 0.1) is 0 Å². The SMILES string of the molecule is C=C(CO)C(=O)O.O. The Morgan fingerprint density at radius 3 is 2.00 bits per heavy atom. The third-order valence-electron chi connectivity index (χ3n) is 0.493. The Morgan fingerprint density at radius 2 is 2.00 bits per heavy atom. The van der Waals surface area contributed by atoms with E-state index in [1.54, 1.807) is 0 Å². The first-order valence-electron chi connectivity index (χ1n) is 1.70. The Balaban J connectivity index is 0. The fourth-order valence-electron chi connectivity index (χ4n) is 0.0676. The number of carboxylic acid groups (broad SMARTS) is 1. The molecular formula is C4H8O4. The van der Waals surface area contributed by atoms with E-state index in [2.05, 4.69) is 6.58 Å². The minimum Gasteiger partial charge on any atom is -0.478 e. The second kappa shape index (κ2) is 4.29. The summed E-state index contributed by atoms with van der Waals surface area (Å²) in [5.41, 5.74) is -0.181. The summed E-state index contributed by atoms with van der Waals surface area (Å²) in [6, 6.07) is 0. The standard InChI is InChI=1S/C4H6O3.H2O/c1-3(2-5)4(6)7;/h5H,1-2H2,(H,6,7);1H2. The van der Waals surface area contributed by atoms with Gasteiger partial charge in [-0.2, -0.15) is 0 Å². The molecule has 0 radical (unpaired) electrons. The molecule has 0 aromatic heterocycles. The van der Waals surface area contributed by atoms with Gasteiger partial charge in [0, 0.05) is 0 Å². The first kappa shape index (κ1) is 10.2. The molecule has 4 heteroatoms. The molecule has 4 nitrogen and oxygen atoms in total. The monoisotopic (exact) mass is 120 g/mol. The summed E-state index contributed by atoms with van der Waals surface area (Å²) in [5, 5.41) is 15.9. The lowest BCUT2D eigenvalue weighted by Gasteiger charge is -1.87. The van der Waals surface area contributed by atoms with Gasteiger partial charge < -0.3 is 15.7 Å². The van der Waals surface area contributed by atoms with Gasteiger partial charge in [-0.05, 0) is 0 Å². The Labute approximate surface area is 46.4 Å². The quantitative estimate of drug-likeness (QED) is 0.448. The summed E-state index contributed by atoms with van der Waals surface area (Å²) in [5.74, 6) is -1.15. The smallest absolute Gasteiger partial charge is 0.333 e. The van der Waals surface area contributed by atoms with Crippen LogP contribution in [-0.2, 0) is 4.79 Å². The van der Waals surface area contributed by atoms with Crippen LogP contribution >= 0.6 is 0 Å². The molecule has 0 saturated carbocycles. The lowest BCUT2D eigenvalue weighted by Crippen LogP contribution is -2.01. The van der Waals surface area contributed by atoms with Gasteiger partial charge >= 0.3 is 5.97 Å². The van der Waals surface area contributed by atoms with E-state index in [4.69, 9.17) is 10.2 Å². The Bertz CT molecular complexity index is 96.2. The van der Waals surface area contributed by atoms with E-state index in [9.17, 15) is 4.79 Å². The van der Waals surface area contributed by atoms with Crippen molar-refractivity contribution in [2.24, 2.45) is 0 Å². The van der Waals surface area contributed by atoms with Gasteiger partial charge in [-0.25, -0.2) is 4.79 Å². The summed E-state index contributed by atoms with van der Waals surface area (Å²) < 4.78 is 0. The highest BCUT2D eigenvalue weighted by Gasteiger charge is 1.97. The van der Waals surface area contributed by atoms with Crippen molar-refractivity contribution in [3.63, 3.8) is 0 Å². The van der Waals surface area contributed by atoms with Crippen LogP contribution in [0.25, 0.3) is 0 Å². The van der Waals surface area contributed by atoms with Crippen molar-refractivity contribution in [1.29, 1.82) is 0 Å². The van der Waals surface area contributed by atoms with Crippen LogP contribution in [0.2, 0.25) is 0 Å². The van der Waals surface area contributed by atoms with Crippen molar-refractivity contribution in [3.8, 4) is 0 Å².